The second-order valence-corrected chi connectivity index (χ2v) is 8.22. The van der Waals surface area contributed by atoms with Crippen LogP contribution in [-0.2, 0) is 11.3 Å². The first-order valence-electron chi connectivity index (χ1n) is 9.73. The second kappa shape index (κ2) is 10.5. The largest absolute Gasteiger partial charge is 0.357 e. The van der Waals surface area contributed by atoms with Gasteiger partial charge in [0.05, 0.1) is 12.2 Å². The van der Waals surface area contributed by atoms with Crippen molar-refractivity contribution in [3.8, 4) is 0 Å². The predicted octanol–water partition coefficient (Wildman–Crippen LogP) is 2.97. The number of carbonyl (C=O) groups excluding carboxylic acids is 1. The van der Waals surface area contributed by atoms with Crippen LogP contribution >= 0.6 is 11.3 Å². The van der Waals surface area contributed by atoms with E-state index in [1.807, 2.05) is 11.8 Å². The molecule has 1 fully saturated rings. The number of nitrogens with zero attached hydrogens (tertiary/aromatic N) is 3. The first kappa shape index (κ1) is 20.7. The normalized spacial score (nSPS) is 18.3. The van der Waals surface area contributed by atoms with Crippen molar-refractivity contribution < 1.29 is 4.79 Å². The van der Waals surface area contributed by atoms with Crippen molar-refractivity contribution in [1.82, 2.24) is 20.5 Å². The highest BCUT2D eigenvalue weighted by molar-refractivity contribution is 7.09. The van der Waals surface area contributed by atoms with Crippen LogP contribution in [0.1, 0.15) is 63.6 Å². The highest BCUT2D eigenvalue weighted by Crippen LogP contribution is 2.18. The van der Waals surface area contributed by atoms with Gasteiger partial charge >= 0.3 is 0 Å². The third kappa shape index (κ3) is 6.59. The lowest BCUT2D eigenvalue weighted by atomic mass is 10.00. The summed E-state index contributed by atoms with van der Waals surface area (Å²) in [5, 5.41) is 9.63. The summed E-state index contributed by atoms with van der Waals surface area (Å²) in [6, 6.07) is 0. The third-order valence-electron chi connectivity index (χ3n) is 4.52. The molecule has 0 bridgehead atoms. The van der Waals surface area contributed by atoms with E-state index in [4.69, 9.17) is 0 Å². The van der Waals surface area contributed by atoms with E-state index in [9.17, 15) is 4.79 Å². The molecule has 1 aromatic rings. The summed E-state index contributed by atoms with van der Waals surface area (Å²) in [6.07, 6.45) is 2.86. The number of aromatic nitrogens is 1. The minimum atomic E-state index is 0.237. The van der Waals surface area contributed by atoms with Gasteiger partial charge in [-0.15, -0.1) is 11.3 Å². The highest BCUT2D eigenvalue weighted by atomic mass is 32.1. The van der Waals surface area contributed by atoms with Gasteiger partial charge < -0.3 is 15.5 Å². The van der Waals surface area contributed by atoms with E-state index in [0.29, 0.717) is 31.3 Å². The standard InChI is InChI=1S/C19H33N5OS/c1-5-20-19(22-11-17-23-16(13-26-17)14(2)3)21-9-8-18(25)24-10-6-7-15(4)12-24/h13-15H,5-12H2,1-4H3,(H2,20,21,22). The van der Waals surface area contributed by atoms with E-state index in [1.54, 1.807) is 11.3 Å². The van der Waals surface area contributed by atoms with E-state index < -0.39 is 0 Å². The Morgan fingerprint density at radius 1 is 1.46 bits per heavy atom. The van der Waals surface area contributed by atoms with E-state index in [1.165, 1.54) is 6.42 Å². The van der Waals surface area contributed by atoms with Gasteiger partial charge in [0.2, 0.25) is 5.91 Å². The van der Waals surface area contributed by atoms with Gasteiger partial charge in [0.25, 0.3) is 0 Å². The molecule has 0 radical (unpaired) electrons. The van der Waals surface area contributed by atoms with Gasteiger partial charge in [0.1, 0.15) is 5.01 Å². The molecule has 6 nitrogen and oxygen atoms in total. The molecule has 2 rings (SSSR count). The number of carbonyl (C=O) groups is 1. The Labute approximate surface area is 161 Å². The minimum Gasteiger partial charge on any atom is -0.357 e. The zero-order valence-corrected chi connectivity index (χ0v) is 17.4. The van der Waals surface area contributed by atoms with Crippen molar-refractivity contribution in [3.05, 3.63) is 16.1 Å². The van der Waals surface area contributed by atoms with Crippen LogP contribution in [0.4, 0.5) is 0 Å². The van der Waals surface area contributed by atoms with Gasteiger partial charge in [-0.2, -0.15) is 0 Å². The summed E-state index contributed by atoms with van der Waals surface area (Å²) in [6.45, 7) is 12.3. The maximum Gasteiger partial charge on any atom is 0.224 e. The van der Waals surface area contributed by atoms with Crippen molar-refractivity contribution in [2.24, 2.45) is 10.9 Å². The molecule has 2 N–H and O–H groups in total. The number of thiazole rings is 1. The van der Waals surface area contributed by atoms with Crippen LogP contribution in [0.25, 0.3) is 0 Å². The smallest absolute Gasteiger partial charge is 0.224 e. The Kier molecular flexibility index (Phi) is 8.35. The van der Waals surface area contributed by atoms with Crippen LogP contribution in [-0.4, -0.2) is 47.9 Å². The van der Waals surface area contributed by atoms with E-state index >= 15 is 0 Å². The molecule has 1 aromatic heterocycles. The number of hydrogen-bond acceptors (Lipinski definition) is 4. The molecule has 7 heteroatoms. The Balaban J connectivity index is 1.80. The second-order valence-electron chi connectivity index (χ2n) is 7.28. The van der Waals surface area contributed by atoms with Crippen molar-refractivity contribution in [2.45, 2.75) is 59.4 Å². The average molecular weight is 380 g/mol. The topological polar surface area (TPSA) is 69.6 Å². The lowest BCUT2D eigenvalue weighted by Gasteiger charge is -2.31. The highest BCUT2D eigenvalue weighted by Gasteiger charge is 2.20. The van der Waals surface area contributed by atoms with E-state index in [2.05, 4.69) is 46.8 Å². The van der Waals surface area contributed by atoms with Crippen molar-refractivity contribution >= 4 is 23.2 Å². The Hall–Kier alpha value is -1.63. The monoisotopic (exact) mass is 379 g/mol. The Morgan fingerprint density at radius 3 is 2.92 bits per heavy atom. The molecule has 1 amide bonds. The van der Waals surface area contributed by atoms with Gasteiger partial charge in [-0.05, 0) is 31.6 Å². The molecular weight excluding hydrogens is 346 g/mol. The maximum absolute atomic E-state index is 12.3. The summed E-state index contributed by atoms with van der Waals surface area (Å²) in [7, 11) is 0. The van der Waals surface area contributed by atoms with Crippen molar-refractivity contribution in [1.29, 1.82) is 0 Å². The molecule has 1 atom stereocenters. The first-order chi connectivity index (χ1) is 12.5. The zero-order valence-electron chi connectivity index (χ0n) is 16.5. The Bertz CT molecular complexity index is 599. The number of aliphatic imine (C=N–C) groups is 1. The van der Waals surface area contributed by atoms with Crippen LogP contribution in [0.2, 0.25) is 0 Å². The van der Waals surface area contributed by atoms with E-state index in [0.717, 1.165) is 42.7 Å². The molecule has 1 aliphatic rings. The summed E-state index contributed by atoms with van der Waals surface area (Å²) in [5.74, 6) is 2.04. The number of guanidine groups is 1. The molecule has 146 valence electrons. The maximum atomic E-state index is 12.3. The molecular formula is C19H33N5OS. The molecule has 26 heavy (non-hydrogen) atoms. The molecule has 0 aromatic carbocycles. The number of nitrogens with one attached hydrogen (secondary N) is 2. The fourth-order valence-electron chi connectivity index (χ4n) is 3.01. The Morgan fingerprint density at radius 2 is 2.27 bits per heavy atom. The van der Waals surface area contributed by atoms with Crippen LogP contribution in [0, 0.1) is 5.92 Å². The van der Waals surface area contributed by atoms with E-state index in [-0.39, 0.29) is 5.91 Å². The quantitative estimate of drug-likeness (QED) is 0.564. The molecule has 0 saturated carbocycles. The fraction of sp³-hybridized carbons (Fsp3) is 0.737. The van der Waals surface area contributed by atoms with Gasteiger partial charge in [-0.3, -0.25) is 4.79 Å². The van der Waals surface area contributed by atoms with Crippen LogP contribution in [0.5, 0.6) is 0 Å². The zero-order chi connectivity index (χ0) is 18.9. The molecule has 1 unspecified atom stereocenters. The first-order valence-corrected chi connectivity index (χ1v) is 10.6. The predicted molar refractivity (Wildman–Crippen MR) is 109 cm³/mol. The lowest BCUT2D eigenvalue weighted by Crippen LogP contribution is -2.42. The van der Waals surface area contributed by atoms with Crippen molar-refractivity contribution in [3.63, 3.8) is 0 Å². The molecule has 0 spiro atoms. The van der Waals surface area contributed by atoms with Gasteiger partial charge in [-0.25, -0.2) is 9.98 Å². The summed E-state index contributed by atoms with van der Waals surface area (Å²) in [5.41, 5.74) is 1.12. The number of amides is 1. The molecule has 2 heterocycles. The minimum absolute atomic E-state index is 0.237. The molecule has 1 saturated heterocycles. The average Bonchev–Trinajstić information content (AvgIpc) is 3.09. The third-order valence-corrected chi connectivity index (χ3v) is 5.37. The van der Waals surface area contributed by atoms with Crippen LogP contribution in [0.3, 0.4) is 0 Å². The van der Waals surface area contributed by atoms with Crippen LogP contribution in [0.15, 0.2) is 10.4 Å². The summed E-state index contributed by atoms with van der Waals surface area (Å²) in [4.78, 5) is 23.6. The molecule has 0 aliphatic carbocycles. The van der Waals surface area contributed by atoms with Gasteiger partial charge in [0, 0.05) is 38.0 Å². The summed E-state index contributed by atoms with van der Waals surface area (Å²) >= 11 is 1.65. The summed E-state index contributed by atoms with van der Waals surface area (Å²) < 4.78 is 0. The SMILES string of the molecule is CCNC(=NCc1nc(C(C)C)cs1)NCCC(=O)N1CCCC(C)C1. The number of piperidine rings is 1. The van der Waals surface area contributed by atoms with Gasteiger partial charge in [0.15, 0.2) is 5.96 Å². The number of likely N-dealkylation sites (tertiary alicyclic amines) is 1. The number of rotatable bonds is 7. The number of hydrogen-bond donors (Lipinski definition) is 2. The van der Waals surface area contributed by atoms with Crippen LogP contribution < -0.4 is 10.6 Å². The van der Waals surface area contributed by atoms with Gasteiger partial charge in [-0.1, -0.05) is 20.8 Å². The van der Waals surface area contributed by atoms with Crippen molar-refractivity contribution in [2.75, 3.05) is 26.2 Å². The lowest BCUT2D eigenvalue weighted by molar-refractivity contribution is -0.132. The molecule has 1 aliphatic heterocycles. The fourth-order valence-corrected chi connectivity index (χ4v) is 3.89.